The second-order valence-corrected chi connectivity index (χ2v) is 6.20. The van der Waals surface area contributed by atoms with Crippen LogP contribution < -0.4 is 5.73 Å². The molecule has 3 N–H and O–H groups in total. The van der Waals surface area contributed by atoms with Crippen LogP contribution in [0.3, 0.4) is 0 Å². The van der Waals surface area contributed by atoms with Crippen LogP contribution in [0.4, 0.5) is 0 Å². The summed E-state index contributed by atoms with van der Waals surface area (Å²) >= 11 is 0. The van der Waals surface area contributed by atoms with E-state index in [2.05, 4.69) is 6.92 Å². The number of hydrogen-bond donors (Lipinski definition) is 2. The maximum absolute atomic E-state index is 11.0. The minimum Gasteiger partial charge on any atom is -0.481 e. The zero-order chi connectivity index (χ0) is 14.1. The third-order valence-electron chi connectivity index (χ3n) is 4.84. The summed E-state index contributed by atoms with van der Waals surface area (Å²) in [6.45, 7) is 2.50. The molecular formula is C16H31NO2. The number of rotatable bonds is 9. The van der Waals surface area contributed by atoms with Crippen molar-refractivity contribution in [2.45, 2.75) is 71.1 Å². The van der Waals surface area contributed by atoms with Crippen LogP contribution in [0.25, 0.3) is 0 Å². The average molecular weight is 269 g/mol. The van der Waals surface area contributed by atoms with Crippen LogP contribution in [0.15, 0.2) is 0 Å². The standard InChI is InChI=1S/C16H31NO2/c1-2-13(10-11-15(12-17)16(18)19)8-9-14-6-4-3-5-7-14/h13-15H,2-12,17H2,1H3,(H,18,19). The van der Waals surface area contributed by atoms with Gasteiger partial charge in [-0.25, -0.2) is 0 Å². The summed E-state index contributed by atoms with van der Waals surface area (Å²) in [5.41, 5.74) is 5.51. The molecule has 0 heterocycles. The molecule has 0 aliphatic heterocycles. The molecule has 1 aliphatic rings. The lowest BCUT2D eigenvalue weighted by Crippen LogP contribution is -2.24. The molecule has 1 aliphatic carbocycles. The lowest BCUT2D eigenvalue weighted by Gasteiger charge is -2.24. The molecule has 0 bridgehead atoms. The summed E-state index contributed by atoms with van der Waals surface area (Å²) in [6, 6.07) is 0. The topological polar surface area (TPSA) is 63.3 Å². The molecule has 0 aromatic carbocycles. The minimum absolute atomic E-state index is 0.272. The zero-order valence-electron chi connectivity index (χ0n) is 12.4. The lowest BCUT2D eigenvalue weighted by atomic mass is 9.82. The van der Waals surface area contributed by atoms with Crippen molar-refractivity contribution in [1.29, 1.82) is 0 Å². The van der Waals surface area contributed by atoms with E-state index in [0.29, 0.717) is 5.92 Å². The summed E-state index contributed by atoms with van der Waals surface area (Å²) in [7, 11) is 0. The molecule has 0 aromatic rings. The van der Waals surface area contributed by atoms with Gasteiger partial charge in [-0.1, -0.05) is 58.3 Å². The smallest absolute Gasteiger partial charge is 0.307 e. The molecule has 2 unspecified atom stereocenters. The Morgan fingerprint density at radius 1 is 1.21 bits per heavy atom. The monoisotopic (exact) mass is 269 g/mol. The minimum atomic E-state index is -0.732. The van der Waals surface area contributed by atoms with Crippen LogP contribution in [0.1, 0.15) is 71.1 Å². The molecule has 2 atom stereocenters. The largest absolute Gasteiger partial charge is 0.481 e. The van der Waals surface area contributed by atoms with Crippen LogP contribution in [0.5, 0.6) is 0 Å². The van der Waals surface area contributed by atoms with E-state index in [4.69, 9.17) is 10.8 Å². The molecule has 112 valence electrons. The van der Waals surface area contributed by atoms with E-state index < -0.39 is 5.97 Å². The quantitative estimate of drug-likeness (QED) is 0.669. The number of carboxylic acids is 1. The molecule has 0 aromatic heterocycles. The Hall–Kier alpha value is -0.570. The lowest BCUT2D eigenvalue weighted by molar-refractivity contribution is -0.141. The predicted octanol–water partition coefficient (Wildman–Crippen LogP) is 3.81. The molecule has 0 spiro atoms. The summed E-state index contributed by atoms with van der Waals surface area (Å²) < 4.78 is 0. The Kier molecular flexibility index (Phi) is 8.11. The van der Waals surface area contributed by atoms with Crippen molar-refractivity contribution in [2.75, 3.05) is 6.54 Å². The highest BCUT2D eigenvalue weighted by Gasteiger charge is 2.19. The second kappa shape index (κ2) is 9.35. The van der Waals surface area contributed by atoms with Crippen LogP contribution in [-0.2, 0) is 4.79 Å². The van der Waals surface area contributed by atoms with Crippen molar-refractivity contribution in [1.82, 2.24) is 0 Å². The SMILES string of the molecule is CCC(CCC1CCCCC1)CCC(CN)C(=O)O. The van der Waals surface area contributed by atoms with Gasteiger partial charge in [-0.2, -0.15) is 0 Å². The van der Waals surface area contributed by atoms with Crippen LogP contribution >= 0.6 is 0 Å². The number of hydrogen-bond acceptors (Lipinski definition) is 2. The van der Waals surface area contributed by atoms with E-state index in [0.717, 1.165) is 18.8 Å². The van der Waals surface area contributed by atoms with Crippen molar-refractivity contribution in [3.8, 4) is 0 Å². The third-order valence-corrected chi connectivity index (χ3v) is 4.84. The highest BCUT2D eigenvalue weighted by Crippen LogP contribution is 2.30. The van der Waals surface area contributed by atoms with Crippen LogP contribution in [0, 0.1) is 17.8 Å². The fraction of sp³-hybridized carbons (Fsp3) is 0.938. The van der Waals surface area contributed by atoms with E-state index in [1.165, 1.54) is 51.4 Å². The Labute approximate surface area is 118 Å². The highest BCUT2D eigenvalue weighted by molar-refractivity contribution is 5.70. The van der Waals surface area contributed by atoms with Gasteiger partial charge < -0.3 is 10.8 Å². The average Bonchev–Trinajstić information content (AvgIpc) is 2.43. The summed E-state index contributed by atoms with van der Waals surface area (Å²) in [5, 5.41) is 9.01. The van der Waals surface area contributed by atoms with E-state index in [9.17, 15) is 4.79 Å². The van der Waals surface area contributed by atoms with Gasteiger partial charge in [-0.15, -0.1) is 0 Å². The van der Waals surface area contributed by atoms with Gasteiger partial charge in [0, 0.05) is 6.54 Å². The molecule has 0 radical (unpaired) electrons. The molecule has 1 fully saturated rings. The maximum atomic E-state index is 11.0. The van der Waals surface area contributed by atoms with Crippen molar-refractivity contribution >= 4 is 5.97 Å². The molecule has 19 heavy (non-hydrogen) atoms. The van der Waals surface area contributed by atoms with E-state index in [-0.39, 0.29) is 12.5 Å². The molecule has 1 rings (SSSR count). The first kappa shape index (κ1) is 16.5. The van der Waals surface area contributed by atoms with E-state index in [1.54, 1.807) is 0 Å². The molecule has 1 saturated carbocycles. The van der Waals surface area contributed by atoms with Gasteiger partial charge in [-0.3, -0.25) is 4.79 Å². The summed E-state index contributed by atoms with van der Waals surface area (Å²) in [4.78, 5) is 11.0. The molecular weight excluding hydrogens is 238 g/mol. The van der Waals surface area contributed by atoms with E-state index >= 15 is 0 Å². The number of carboxylic acid groups (broad SMARTS) is 1. The van der Waals surface area contributed by atoms with Crippen molar-refractivity contribution in [3.63, 3.8) is 0 Å². The van der Waals surface area contributed by atoms with Crippen LogP contribution in [0.2, 0.25) is 0 Å². The molecule has 3 heteroatoms. The predicted molar refractivity (Wildman–Crippen MR) is 79.0 cm³/mol. The number of nitrogens with two attached hydrogens (primary N) is 1. The van der Waals surface area contributed by atoms with Gasteiger partial charge in [0.1, 0.15) is 0 Å². The molecule has 0 amide bonds. The maximum Gasteiger partial charge on any atom is 0.307 e. The fourth-order valence-corrected chi connectivity index (χ4v) is 3.28. The Morgan fingerprint density at radius 2 is 1.89 bits per heavy atom. The van der Waals surface area contributed by atoms with Crippen molar-refractivity contribution < 1.29 is 9.90 Å². The zero-order valence-corrected chi connectivity index (χ0v) is 12.4. The van der Waals surface area contributed by atoms with Gasteiger partial charge in [0.2, 0.25) is 0 Å². The molecule has 3 nitrogen and oxygen atoms in total. The van der Waals surface area contributed by atoms with Crippen molar-refractivity contribution in [2.24, 2.45) is 23.5 Å². The first-order valence-electron chi connectivity index (χ1n) is 8.10. The highest BCUT2D eigenvalue weighted by atomic mass is 16.4. The van der Waals surface area contributed by atoms with Gasteiger partial charge in [0.15, 0.2) is 0 Å². The molecule has 0 saturated heterocycles. The number of carbonyl (C=O) groups is 1. The van der Waals surface area contributed by atoms with Gasteiger partial charge in [0.05, 0.1) is 5.92 Å². The van der Waals surface area contributed by atoms with Gasteiger partial charge in [0.25, 0.3) is 0 Å². The van der Waals surface area contributed by atoms with Gasteiger partial charge >= 0.3 is 5.97 Å². The first-order chi connectivity index (χ1) is 9.17. The Bertz CT molecular complexity index is 249. The van der Waals surface area contributed by atoms with Crippen LogP contribution in [-0.4, -0.2) is 17.6 Å². The number of aliphatic carboxylic acids is 1. The first-order valence-corrected chi connectivity index (χ1v) is 8.10. The Balaban J connectivity index is 2.22. The Morgan fingerprint density at radius 3 is 2.42 bits per heavy atom. The van der Waals surface area contributed by atoms with Crippen molar-refractivity contribution in [3.05, 3.63) is 0 Å². The van der Waals surface area contributed by atoms with E-state index in [1.807, 2.05) is 0 Å². The van der Waals surface area contributed by atoms with Gasteiger partial charge in [-0.05, 0) is 24.7 Å². The fourth-order valence-electron chi connectivity index (χ4n) is 3.28. The summed E-state index contributed by atoms with van der Waals surface area (Å²) in [6.07, 6.45) is 12.6. The second-order valence-electron chi connectivity index (χ2n) is 6.20. The normalized spacial score (nSPS) is 20.1. The summed E-state index contributed by atoms with van der Waals surface area (Å²) in [5.74, 6) is 0.552. The third kappa shape index (κ3) is 6.42.